The fraction of sp³-hybridized carbons (Fsp3) is 0.625. The van der Waals surface area contributed by atoms with Crippen molar-refractivity contribution >= 4 is 17.3 Å². The highest BCUT2D eigenvalue weighted by atomic mass is 35.5. The van der Waals surface area contributed by atoms with Gasteiger partial charge < -0.3 is 10.2 Å². The first kappa shape index (κ1) is 14.2. The fourth-order valence-electron chi connectivity index (χ4n) is 3.57. The third-order valence-electron chi connectivity index (χ3n) is 4.63. The van der Waals surface area contributed by atoms with Gasteiger partial charge in [-0.2, -0.15) is 0 Å². The molecule has 0 aromatic heterocycles. The Bertz CT molecular complexity index is 463. The number of nitrogens with one attached hydrogen (secondary N) is 1. The van der Waals surface area contributed by atoms with Crippen LogP contribution in [0.3, 0.4) is 0 Å². The van der Waals surface area contributed by atoms with E-state index < -0.39 is 0 Å². The number of benzene rings is 1. The molecule has 0 spiro atoms. The van der Waals surface area contributed by atoms with Gasteiger partial charge in [0.05, 0.1) is 0 Å². The number of piperazine rings is 1. The zero-order chi connectivity index (χ0) is 13.9. The summed E-state index contributed by atoms with van der Waals surface area (Å²) < 4.78 is 0. The Labute approximate surface area is 126 Å². The molecule has 2 fully saturated rings. The molecule has 0 saturated carbocycles. The summed E-state index contributed by atoms with van der Waals surface area (Å²) in [5.74, 6) is 0. The third-order valence-corrected chi connectivity index (χ3v) is 4.98. The van der Waals surface area contributed by atoms with Crippen LogP contribution in [-0.4, -0.2) is 44.2 Å². The van der Waals surface area contributed by atoms with E-state index >= 15 is 0 Å². The average Bonchev–Trinajstić information content (AvgIpc) is 2.49. The maximum Gasteiger partial charge on any atom is 0.0471 e. The van der Waals surface area contributed by atoms with Crippen LogP contribution in [0.5, 0.6) is 0 Å². The Kier molecular flexibility index (Phi) is 4.49. The molecule has 0 amide bonds. The Morgan fingerprint density at radius 3 is 3.00 bits per heavy atom. The van der Waals surface area contributed by atoms with Crippen molar-refractivity contribution in [1.29, 1.82) is 0 Å². The van der Waals surface area contributed by atoms with Gasteiger partial charge in [0.15, 0.2) is 0 Å². The predicted octanol–water partition coefficient (Wildman–Crippen LogP) is 2.73. The Morgan fingerprint density at radius 2 is 2.15 bits per heavy atom. The lowest BCUT2D eigenvalue weighted by Crippen LogP contribution is -2.55. The molecule has 0 bridgehead atoms. The lowest BCUT2D eigenvalue weighted by molar-refractivity contribution is 0.133. The summed E-state index contributed by atoms with van der Waals surface area (Å²) in [6.07, 6.45) is 4.10. The highest BCUT2D eigenvalue weighted by molar-refractivity contribution is 6.31. The average molecular weight is 294 g/mol. The van der Waals surface area contributed by atoms with Crippen LogP contribution in [0.25, 0.3) is 0 Å². The zero-order valence-electron chi connectivity index (χ0n) is 12.2. The van der Waals surface area contributed by atoms with Crippen molar-refractivity contribution in [3.8, 4) is 0 Å². The van der Waals surface area contributed by atoms with E-state index in [0.717, 1.165) is 30.7 Å². The number of rotatable bonds is 3. The smallest absolute Gasteiger partial charge is 0.0471 e. The van der Waals surface area contributed by atoms with Gasteiger partial charge in [0.1, 0.15) is 0 Å². The molecule has 0 radical (unpaired) electrons. The number of anilines is 1. The lowest BCUT2D eigenvalue weighted by atomic mass is 9.98. The number of hydrogen-bond acceptors (Lipinski definition) is 3. The monoisotopic (exact) mass is 293 g/mol. The quantitative estimate of drug-likeness (QED) is 0.924. The molecule has 1 N–H and O–H groups in total. The number of piperidine rings is 1. The van der Waals surface area contributed by atoms with Crippen molar-refractivity contribution in [2.45, 2.75) is 31.8 Å². The van der Waals surface area contributed by atoms with Crippen LogP contribution >= 0.6 is 11.6 Å². The first-order chi connectivity index (χ1) is 9.79. The SMILES string of the molecule is CNCc1c(Cl)cccc1N1CCN2CCCCC2C1. The maximum atomic E-state index is 6.39. The first-order valence-electron chi connectivity index (χ1n) is 7.70. The lowest BCUT2D eigenvalue weighted by Gasteiger charge is -2.45. The Balaban J connectivity index is 1.81. The minimum absolute atomic E-state index is 0.735. The molecular formula is C16H24ClN3. The molecule has 4 heteroatoms. The summed E-state index contributed by atoms with van der Waals surface area (Å²) >= 11 is 6.39. The van der Waals surface area contributed by atoms with E-state index in [1.165, 1.54) is 43.6 Å². The van der Waals surface area contributed by atoms with E-state index in [2.05, 4.69) is 27.2 Å². The third kappa shape index (κ3) is 2.80. The van der Waals surface area contributed by atoms with E-state index in [-0.39, 0.29) is 0 Å². The topological polar surface area (TPSA) is 18.5 Å². The van der Waals surface area contributed by atoms with Gasteiger partial charge >= 0.3 is 0 Å². The number of halogens is 1. The minimum atomic E-state index is 0.735. The van der Waals surface area contributed by atoms with Crippen molar-refractivity contribution in [1.82, 2.24) is 10.2 Å². The van der Waals surface area contributed by atoms with Gasteiger partial charge in [0.2, 0.25) is 0 Å². The molecule has 2 aliphatic rings. The molecule has 3 nitrogen and oxygen atoms in total. The molecule has 110 valence electrons. The molecule has 2 aliphatic heterocycles. The van der Waals surface area contributed by atoms with Gasteiger partial charge in [-0.3, -0.25) is 4.90 Å². The Morgan fingerprint density at radius 1 is 1.25 bits per heavy atom. The van der Waals surface area contributed by atoms with Crippen molar-refractivity contribution < 1.29 is 0 Å². The Hall–Kier alpha value is -0.770. The molecule has 0 aliphatic carbocycles. The highest BCUT2D eigenvalue weighted by Gasteiger charge is 2.29. The van der Waals surface area contributed by atoms with Gasteiger partial charge in [0.25, 0.3) is 0 Å². The summed E-state index contributed by atoms with van der Waals surface area (Å²) in [6.45, 7) is 5.58. The molecule has 2 heterocycles. The summed E-state index contributed by atoms with van der Waals surface area (Å²) in [5, 5.41) is 4.12. The molecule has 1 atom stereocenters. The molecule has 1 aromatic carbocycles. The summed E-state index contributed by atoms with van der Waals surface area (Å²) in [4.78, 5) is 5.20. The van der Waals surface area contributed by atoms with Crippen molar-refractivity contribution in [3.05, 3.63) is 28.8 Å². The molecule has 2 saturated heterocycles. The van der Waals surface area contributed by atoms with E-state index in [1.54, 1.807) is 0 Å². The van der Waals surface area contributed by atoms with E-state index in [0.29, 0.717) is 0 Å². The normalized spacial score (nSPS) is 23.7. The van der Waals surface area contributed by atoms with E-state index in [4.69, 9.17) is 11.6 Å². The maximum absolute atomic E-state index is 6.39. The second-order valence-corrected chi connectivity index (χ2v) is 6.31. The number of nitrogens with zero attached hydrogens (tertiary/aromatic N) is 2. The van der Waals surface area contributed by atoms with Crippen LogP contribution in [0.1, 0.15) is 24.8 Å². The largest absolute Gasteiger partial charge is 0.368 e. The van der Waals surface area contributed by atoms with E-state index in [9.17, 15) is 0 Å². The van der Waals surface area contributed by atoms with Gasteiger partial charge in [-0.15, -0.1) is 0 Å². The molecule has 20 heavy (non-hydrogen) atoms. The van der Waals surface area contributed by atoms with Crippen molar-refractivity contribution in [2.24, 2.45) is 0 Å². The minimum Gasteiger partial charge on any atom is -0.368 e. The van der Waals surface area contributed by atoms with Crippen LogP contribution in [-0.2, 0) is 6.54 Å². The predicted molar refractivity (Wildman–Crippen MR) is 85.6 cm³/mol. The van der Waals surface area contributed by atoms with E-state index in [1.807, 2.05) is 13.1 Å². The van der Waals surface area contributed by atoms with Crippen LogP contribution in [0.4, 0.5) is 5.69 Å². The highest BCUT2D eigenvalue weighted by Crippen LogP contribution is 2.31. The van der Waals surface area contributed by atoms with Crippen LogP contribution < -0.4 is 10.2 Å². The van der Waals surface area contributed by atoms with Gasteiger partial charge in [0, 0.05) is 48.5 Å². The van der Waals surface area contributed by atoms with Gasteiger partial charge in [-0.25, -0.2) is 0 Å². The number of hydrogen-bond donors (Lipinski definition) is 1. The van der Waals surface area contributed by atoms with Crippen LogP contribution in [0, 0.1) is 0 Å². The van der Waals surface area contributed by atoms with Crippen molar-refractivity contribution in [2.75, 3.05) is 38.1 Å². The molecule has 3 rings (SSSR count). The zero-order valence-corrected chi connectivity index (χ0v) is 13.0. The standard InChI is InChI=1S/C16H24ClN3/c1-18-11-14-15(17)6-4-7-16(14)20-10-9-19-8-3-2-5-13(19)12-20/h4,6-7,13,18H,2-3,5,8-12H2,1H3. The summed E-state index contributed by atoms with van der Waals surface area (Å²) in [7, 11) is 1.98. The van der Waals surface area contributed by atoms with Crippen LogP contribution in [0.15, 0.2) is 18.2 Å². The second-order valence-electron chi connectivity index (χ2n) is 5.90. The van der Waals surface area contributed by atoms with Gasteiger partial charge in [-0.05, 0) is 38.6 Å². The molecule has 1 aromatic rings. The molecule has 1 unspecified atom stereocenters. The number of fused-ring (bicyclic) bond motifs is 1. The van der Waals surface area contributed by atoms with Crippen molar-refractivity contribution in [3.63, 3.8) is 0 Å². The fourth-order valence-corrected chi connectivity index (χ4v) is 3.81. The second kappa shape index (κ2) is 6.33. The van der Waals surface area contributed by atoms with Gasteiger partial charge in [-0.1, -0.05) is 24.1 Å². The molecular weight excluding hydrogens is 270 g/mol. The first-order valence-corrected chi connectivity index (χ1v) is 8.08. The summed E-state index contributed by atoms with van der Waals surface area (Å²) in [5.41, 5.74) is 2.55. The van der Waals surface area contributed by atoms with Crippen LogP contribution in [0.2, 0.25) is 5.02 Å². The summed E-state index contributed by atoms with van der Waals surface area (Å²) in [6, 6.07) is 7.02.